The van der Waals surface area contributed by atoms with Crippen molar-refractivity contribution in [1.82, 2.24) is 10.3 Å². The number of halogens is 2. The van der Waals surface area contributed by atoms with Crippen molar-refractivity contribution in [2.75, 3.05) is 6.54 Å². The molecule has 2 nitrogen and oxygen atoms in total. The third-order valence-electron chi connectivity index (χ3n) is 2.52. The zero-order chi connectivity index (χ0) is 13.0. The smallest absolute Gasteiger partial charge is 0.285 e. The second-order valence-electron chi connectivity index (χ2n) is 4.03. The van der Waals surface area contributed by atoms with Gasteiger partial charge in [0.15, 0.2) is 0 Å². The normalized spacial score (nSPS) is 11.7. The third kappa shape index (κ3) is 3.34. The molecule has 0 radical (unpaired) electrons. The lowest BCUT2D eigenvalue weighted by atomic mass is 10.1. The highest BCUT2D eigenvalue weighted by atomic mass is 32.1. The van der Waals surface area contributed by atoms with Crippen molar-refractivity contribution in [2.45, 2.75) is 19.4 Å². The van der Waals surface area contributed by atoms with Gasteiger partial charge in [-0.1, -0.05) is 30.3 Å². The lowest BCUT2D eigenvalue weighted by Crippen LogP contribution is -2.30. The quantitative estimate of drug-likeness (QED) is 0.899. The molecule has 2 aromatic rings. The van der Waals surface area contributed by atoms with E-state index in [1.54, 1.807) is 18.2 Å². The standard InChI is InChI=1S/C13H14F2N2S/c1-10-17-12(8-18-10)7-16-9-13(14,15)11-5-3-2-4-6-11/h2-6,8,16H,7,9H2,1H3. The topological polar surface area (TPSA) is 24.9 Å². The zero-order valence-corrected chi connectivity index (χ0v) is 10.8. The molecule has 1 heterocycles. The first kappa shape index (κ1) is 13.1. The van der Waals surface area contributed by atoms with Gasteiger partial charge in [0.1, 0.15) is 0 Å². The monoisotopic (exact) mass is 268 g/mol. The molecular formula is C13H14F2N2S. The van der Waals surface area contributed by atoms with Crippen LogP contribution in [0.3, 0.4) is 0 Å². The Morgan fingerprint density at radius 2 is 2.00 bits per heavy atom. The number of aryl methyl sites for hydroxylation is 1. The molecule has 5 heteroatoms. The van der Waals surface area contributed by atoms with E-state index < -0.39 is 5.92 Å². The van der Waals surface area contributed by atoms with E-state index in [0.29, 0.717) is 6.54 Å². The maximum absolute atomic E-state index is 13.8. The van der Waals surface area contributed by atoms with Crippen molar-refractivity contribution in [1.29, 1.82) is 0 Å². The minimum absolute atomic E-state index is 0.0342. The second-order valence-corrected chi connectivity index (χ2v) is 5.09. The summed E-state index contributed by atoms with van der Waals surface area (Å²) in [5.74, 6) is -2.85. The van der Waals surface area contributed by atoms with Crippen LogP contribution in [0.5, 0.6) is 0 Å². The summed E-state index contributed by atoms with van der Waals surface area (Å²) in [6.45, 7) is 1.88. The van der Waals surface area contributed by atoms with Crippen molar-refractivity contribution in [3.8, 4) is 0 Å². The number of rotatable bonds is 5. The van der Waals surface area contributed by atoms with Gasteiger partial charge >= 0.3 is 0 Å². The van der Waals surface area contributed by atoms with Crippen molar-refractivity contribution in [2.24, 2.45) is 0 Å². The first-order valence-corrected chi connectivity index (χ1v) is 6.51. The minimum Gasteiger partial charge on any atom is -0.305 e. The van der Waals surface area contributed by atoms with Crippen LogP contribution in [0.1, 0.15) is 16.3 Å². The summed E-state index contributed by atoms with van der Waals surface area (Å²) in [5, 5.41) is 5.57. The minimum atomic E-state index is -2.85. The van der Waals surface area contributed by atoms with Crippen LogP contribution in [-0.4, -0.2) is 11.5 Å². The Hall–Kier alpha value is -1.33. The van der Waals surface area contributed by atoms with Crippen LogP contribution < -0.4 is 5.32 Å². The average molecular weight is 268 g/mol. The fourth-order valence-electron chi connectivity index (χ4n) is 1.62. The van der Waals surface area contributed by atoms with Crippen LogP contribution in [-0.2, 0) is 12.5 Å². The number of hydrogen-bond donors (Lipinski definition) is 1. The van der Waals surface area contributed by atoms with Crippen molar-refractivity contribution < 1.29 is 8.78 Å². The van der Waals surface area contributed by atoms with E-state index in [4.69, 9.17) is 0 Å². The van der Waals surface area contributed by atoms with Crippen LogP contribution in [0, 0.1) is 6.92 Å². The first-order valence-electron chi connectivity index (χ1n) is 5.63. The van der Waals surface area contributed by atoms with Crippen LogP contribution in [0.25, 0.3) is 0 Å². The molecule has 0 amide bonds. The summed E-state index contributed by atoms with van der Waals surface area (Å²) < 4.78 is 27.6. The number of nitrogens with zero attached hydrogens (tertiary/aromatic N) is 1. The summed E-state index contributed by atoms with van der Waals surface area (Å²) in [6, 6.07) is 7.84. The first-order chi connectivity index (χ1) is 8.58. The van der Waals surface area contributed by atoms with Gasteiger partial charge in [0.2, 0.25) is 0 Å². The van der Waals surface area contributed by atoms with E-state index >= 15 is 0 Å². The number of aromatic nitrogens is 1. The Labute approximate surface area is 109 Å². The molecule has 0 atom stereocenters. The van der Waals surface area contributed by atoms with Crippen LogP contribution >= 0.6 is 11.3 Å². The van der Waals surface area contributed by atoms with Gasteiger partial charge in [-0.25, -0.2) is 4.98 Å². The highest BCUT2D eigenvalue weighted by molar-refractivity contribution is 7.09. The van der Waals surface area contributed by atoms with Crippen LogP contribution in [0.2, 0.25) is 0 Å². The molecule has 0 unspecified atom stereocenters. The highest BCUT2D eigenvalue weighted by Crippen LogP contribution is 2.26. The maximum atomic E-state index is 13.8. The zero-order valence-electron chi connectivity index (χ0n) is 9.99. The van der Waals surface area contributed by atoms with E-state index in [0.717, 1.165) is 10.7 Å². The van der Waals surface area contributed by atoms with Gasteiger partial charge in [-0.2, -0.15) is 8.78 Å². The summed E-state index contributed by atoms with van der Waals surface area (Å²) in [4.78, 5) is 4.21. The molecule has 0 spiro atoms. The lowest BCUT2D eigenvalue weighted by Gasteiger charge is -2.16. The summed E-state index contributed by atoms with van der Waals surface area (Å²) in [5.41, 5.74) is 0.841. The molecule has 96 valence electrons. The van der Waals surface area contributed by atoms with Gasteiger partial charge < -0.3 is 5.32 Å². The summed E-state index contributed by atoms with van der Waals surface area (Å²) in [6.07, 6.45) is 0. The number of alkyl halides is 2. The second kappa shape index (κ2) is 5.54. The maximum Gasteiger partial charge on any atom is 0.285 e. The summed E-state index contributed by atoms with van der Waals surface area (Å²) >= 11 is 1.52. The van der Waals surface area contributed by atoms with E-state index in [2.05, 4.69) is 10.3 Å². The Balaban J connectivity index is 1.89. The molecule has 2 rings (SSSR count). The van der Waals surface area contributed by atoms with Gasteiger partial charge in [-0.15, -0.1) is 11.3 Å². The Kier molecular flexibility index (Phi) is 4.04. The predicted octanol–water partition coefficient (Wildman–Crippen LogP) is 3.33. The van der Waals surface area contributed by atoms with Crippen molar-refractivity contribution in [3.05, 3.63) is 52.0 Å². The molecule has 0 saturated carbocycles. The Bertz CT molecular complexity index is 497. The molecule has 1 aromatic carbocycles. The third-order valence-corrected chi connectivity index (χ3v) is 3.34. The predicted molar refractivity (Wildman–Crippen MR) is 68.9 cm³/mol. The van der Waals surface area contributed by atoms with E-state index in [-0.39, 0.29) is 12.1 Å². The fourth-order valence-corrected chi connectivity index (χ4v) is 2.23. The molecule has 1 N–H and O–H groups in total. The summed E-state index contributed by atoms with van der Waals surface area (Å²) in [7, 11) is 0. The number of nitrogens with one attached hydrogen (secondary N) is 1. The van der Waals surface area contributed by atoms with Gasteiger partial charge in [0.05, 0.1) is 17.2 Å². The SMILES string of the molecule is Cc1nc(CNCC(F)(F)c2ccccc2)cs1. The average Bonchev–Trinajstić information content (AvgIpc) is 2.76. The molecule has 1 aromatic heterocycles. The molecular weight excluding hydrogens is 254 g/mol. The molecule has 0 aliphatic heterocycles. The van der Waals surface area contributed by atoms with Gasteiger partial charge in [0, 0.05) is 17.5 Å². The molecule has 0 aliphatic carbocycles. The highest BCUT2D eigenvalue weighted by Gasteiger charge is 2.30. The Morgan fingerprint density at radius 3 is 2.61 bits per heavy atom. The number of hydrogen-bond acceptors (Lipinski definition) is 3. The van der Waals surface area contributed by atoms with E-state index in [1.165, 1.54) is 23.5 Å². The Morgan fingerprint density at radius 1 is 1.28 bits per heavy atom. The molecule has 0 fully saturated rings. The largest absolute Gasteiger partial charge is 0.305 e. The van der Waals surface area contributed by atoms with Gasteiger partial charge in [-0.05, 0) is 6.92 Å². The van der Waals surface area contributed by atoms with Crippen molar-refractivity contribution >= 4 is 11.3 Å². The van der Waals surface area contributed by atoms with Crippen LogP contribution in [0.4, 0.5) is 8.78 Å². The molecule has 0 saturated heterocycles. The number of thiazole rings is 1. The lowest BCUT2D eigenvalue weighted by molar-refractivity contribution is -0.00348. The van der Waals surface area contributed by atoms with Gasteiger partial charge in [-0.3, -0.25) is 0 Å². The van der Waals surface area contributed by atoms with E-state index in [1.807, 2.05) is 12.3 Å². The van der Waals surface area contributed by atoms with Crippen molar-refractivity contribution in [3.63, 3.8) is 0 Å². The molecule has 18 heavy (non-hydrogen) atoms. The fraction of sp³-hybridized carbons (Fsp3) is 0.308. The molecule has 0 bridgehead atoms. The van der Waals surface area contributed by atoms with Crippen LogP contribution in [0.15, 0.2) is 35.7 Å². The van der Waals surface area contributed by atoms with Gasteiger partial charge in [0.25, 0.3) is 5.92 Å². The molecule has 0 aliphatic rings. The number of benzene rings is 1. The van der Waals surface area contributed by atoms with E-state index in [9.17, 15) is 8.78 Å².